The Bertz CT molecular complexity index is 365. The van der Waals surface area contributed by atoms with Crippen LogP contribution in [0.5, 0.6) is 0 Å². The molecule has 1 aromatic rings. The van der Waals surface area contributed by atoms with E-state index in [9.17, 15) is 0 Å². The van der Waals surface area contributed by atoms with Gasteiger partial charge in [0.05, 0.1) is 6.61 Å². The minimum atomic E-state index is 0.775. The molecule has 19 heavy (non-hydrogen) atoms. The Balaban J connectivity index is 1.31. The van der Waals surface area contributed by atoms with E-state index in [4.69, 9.17) is 4.74 Å². The van der Waals surface area contributed by atoms with E-state index in [2.05, 4.69) is 30.3 Å². The summed E-state index contributed by atoms with van der Waals surface area (Å²) >= 11 is 0. The monoisotopic (exact) mass is 258 g/mol. The van der Waals surface area contributed by atoms with E-state index in [0.717, 1.165) is 31.0 Å². The fourth-order valence-corrected chi connectivity index (χ4v) is 4.08. The van der Waals surface area contributed by atoms with Gasteiger partial charge in [-0.05, 0) is 55.4 Å². The number of benzene rings is 1. The second-order valence-corrected chi connectivity index (χ2v) is 6.46. The lowest BCUT2D eigenvalue weighted by atomic mass is 9.63. The Morgan fingerprint density at radius 1 is 1.00 bits per heavy atom. The smallest absolute Gasteiger partial charge is 0.0716 e. The highest BCUT2D eigenvalue weighted by atomic mass is 16.5. The van der Waals surface area contributed by atoms with Crippen molar-refractivity contribution in [3.05, 3.63) is 35.9 Å². The SMILES string of the molecule is c1ccc(COCCC[C@H]2CC3CCC2CC3)cc1. The molecule has 1 aromatic carbocycles. The van der Waals surface area contributed by atoms with E-state index < -0.39 is 0 Å². The summed E-state index contributed by atoms with van der Waals surface area (Å²) in [7, 11) is 0. The van der Waals surface area contributed by atoms with Crippen molar-refractivity contribution in [1.29, 1.82) is 0 Å². The average Bonchev–Trinajstić information content (AvgIpc) is 2.49. The summed E-state index contributed by atoms with van der Waals surface area (Å²) in [4.78, 5) is 0. The number of ether oxygens (including phenoxy) is 1. The molecule has 0 saturated heterocycles. The number of fused-ring (bicyclic) bond motifs is 3. The molecular weight excluding hydrogens is 232 g/mol. The molecule has 0 unspecified atom stereocenters. The van der Waals surface area contributed by atoms with Crippen LogP contribution in [0.1, 0.15) is 50.5 Å². The molecule has 0 N–H and O–H groups in total. The molecule has 0 aromatic heterocycles. The summed E-state index contributed by atoms with van der Waals surface area (Å²) in [5.74, 6) is 3.15. The van der Waals surface area contributed by atoms with Gasteiger partial charge in [0.1, 0.15) is 0 Å². The average molecular weight is 258 g/mol. The van der Waals surface area contributed by atoms with Crippen LogP contribution in [0.4, 0.5) is 0 Å². The van der Waals surface area contributed by atoms with E-state index in [1.807, 2.05) is 0 Å². The Hall–Kier alpha value is -0.820. The highest BCUT2D eigenvalue weighted by molar-refractivity contribution is 5.13. The summed E-state index contributed by atoms with van der Waals surface area (Å²) < 4.78 is 5.79. The lowest BCUT2D eigenvalue weighted by Crippen LogP contribution is -2.31. The zero-order chi connectivity index (χ0) is 12.9. The van der Waals surface area contributed by atoms with Crippen molar-refractivity contribution in [3.8, 4) is 0 Å². The summed E-state index contributed by atoms with van der Waals surface area (Å²) in [5, 5.41) is 0. The normalized spacial score (nSPS) is 29.6. The molecule has 0 heterocycles. The third-order valence-corrected chi connectivity index (χ3v) is 5.17. The van der Waals surface area contributed by atoms with E-state index >= 15 is 0 Å². The molecule has 1 atom stereocenters. The van der Waals surface area contributed by atoms with Crippen LogP contribution in [0.15, 0.2) is 30.3 Å². The maximum atomic E-state index is 5.79. The molecule has 0 amide bonds. The highest BCUT2D eigenvalue weighted by Crippen LogP contribution is 2.46. The van der Waals surface area contributed by atoms with Gasteiger partial charge < -0.3 is 4.74 Å². The van der Waals surface area contributed by atoms with Gasteiger partial charge in [-0.3, -0.25) is 0 Å². The molecule has 104 valence electrons. The molecule has 1 heteroatoms. The van der Waals surface area contributed by atoms with Crippen molar-refractivity contribution in [3.63, 3.8) is 0 Å². The second-order valence-electron chi connectivity index (χ2n) is 6.46. The van der Waals surface area contributed by atoms with Crippen LogP contribution in [-0.2, 0) is 11.3 Å². The van der Waals surface area contributed by atoms with Gasteiger partial charge in [-0.1, -0.05) is 43.2 Å². The lowest BCUT2D eigenvalue weighted by molar-refractivity contribution is 0.0721. The quantitative estimate of drug-likeness (QED) is 0.665. The predicted molar refractivity (Wildman–Crippen MR) is 78.9 cm³/mol. The van der Waals surface area contributed by atoms with Crippen LogP contribution < -0.4 is 0 Å². The molecule has 2 bridgehead atoms. The topological polar surface area (TPSA) is 9.23 Å². The Kier molecular flexibility index (Phi) is 4.55. The van der Waals surface area contributed by atoms with Crippen molar-refractivity contribution < 1.29 is 4.74 Å². The summed E-state index contributed by atoms with van der Waals surface area (Å²) in [6, 6.07) is 10.5. The van der Waals surface area contributed by atoms with Gasteiger partial charge in [-0.2, -0.15) is 0 Å². The van der Waals surface area contributed by atoms with E-state index in [1.165, 1.54) is 50.5 Å². The van der Waals surface area contributed by atoms with Crippen molar-refractivity contribution >= 4 is 0 Å². The van der Waals surface area contributed by atoms with Gasteiger partial charge in [-0.25, -0.2) is 0 Å². The fraction of sp³-hybridized carbons (Fsp3) is 0.667. The molecule has 3 aliphatic rings. The van der Waals surface area contributed by atoms with Gasteiger partial charge >= 0.3 is 0 Å². The first-order chi connectivity index (χ1) is 9.42. The first-order valence-corrected chi connectivity index (χ1v) is 8.03. The summed E-state index contributed by atoms with van der Waals surface area (Å²) in [5.41, 5.74) is 1.29. The van der Waals surface area contributed by atoms with Gasteiger partial charge in [0.2, 0.25) is 0 Å². The third-order valence-electron chi connectivity index (χ3n) is 5.17. The fourth-order valence-electron chi connectivity index (χ4n) is 4.08. The maximum Gasteiger partial charge on any atom is 0.0716 e. The van der Waals surface area contributed by atoms with Gasteiger partial charge in [-0.15, -0.1) is 0 Å². The molecule has 0 aliphatic heterocycles. The third kappa shape index (κ3) is 3.60. The number of hydrogen-bond acceptors (Lipinski definition) is 1. The number of hydrogen-bond donors (Lipinski definition) is 0. The van der Waals surface area contributed by atoms with Crippen molar-refractivity contribution in [2.24, 2.45) is 17.8 Å². The minimum Gasteiger partial charge on any atom is -0.377 e. The first kappa shape index (κ1) is 13.2. The standard InChI is InChI=1S/C18H26O/c1-2-5-16(6-3-1)14-19-12-4-7-18-13-15-8-10-17(18)11-9-15/h1-3,5-6,15,17-18H,4,7-14H2/t15?,17?,18-/m0/s1. The van der Waals surface area contributed by atoms with Crippen LogP contribution in [-0.4, -0.2) is 6.61 Å². The summed E-state index contributed by atoms with van der Waals surface area (Å²) in [6.45, 7) is 1.71. The number of rotatable bonds is 6. The lowest BCUT2D eigenvalue weighted by Gasteiger charge is -2.42. The molecule has 3 fully saturated rings. The molecular formula is C18H26O. The van der Waals surface area contributed by atoms with Crippen LogP contribution in [0.25, 0.3) is 0 Å². The van der Waals surface area contributed by atoms with Crippen LogP contribution in [0, 0.1) is 17.8 Å². The highest BCUT2D eigenvalue weighted by Gasteiger charge is 2.34. The molecule has 3 saturated carbocycles. The molecule has 0 radical (unpaired) electrons. The van der Waals surface area contributed by atoms with Gasteiger partial charge in [0.15, 0.2) is 0 Å². The molecule has 0 spiro atoms. The molecule has 3 aliphatic carbocycles. The molecule has 4 rings (SSSR count). The maximum absolute atomic E-state index is 5.79. The van der Waals surface area contributed by atoms with Crippen molar-refractivity contribution in [2.75, 3.05) is 6.61 Å². The Labute approximate surface area is 117 Å². The van der Waals surface area contributed by atoms with Crippen molar-refractivity contribution in [1.82, 2.24) is 0 Å². The van der Waals surface area contributed by atoms with Crippen LogP contribution in [0.2, 0.25) is 0 Å². The van der Waals surface area contributed by atoms with Crippen LogP contribution >= 0.6 is 0 Å². The van der Waals surface area contributed by atoms with Gasteiger partial charge in [0, 0.05) is 6.61 Å². The van der Waals surface area contributed by atoms with Crippen LogP contribution in [0.3, 0.4) is 0 Å². The van der Waals surface area contributed by atoms with E-state index in [1.54, 1.807) is 0 Å². The van der Waals surface area contributed by atoms with E-state index in [-0.39, 0.29) is 0 Å². The van der Waals surface area contributed by atoms with Crippen molar-refractivity contribution in [2.45, 2.75) is 51.6 Å². The summed E-state index contributed by atoms with van der Waals surface area (Å²) in [6.07, 6.45) is 10.2. The molecule has 1 nitrogen and oxygen atoms in total. The first-order valence-electron chi connectivity index (χ1n) is 8.03. The van der Waals surface area contributed by atoms with Gasteiger partial charge in [0.25, 0.3) is 0 Å². The van der Waals surface area contributed by atoms with E-state index in [0.29, 0.717) is 0 Å². The zero-order valence-electron chi connectivity index (χ0n) is 11.9. The Morgan fingerprint density at radius 2 is 1.79 bits per heavy atom. The minimum absolute atomic E-state index is 0.775. The zero-order valence-corrected chi connectivity index (χ0v) is 11.9. The second kappa shape index (κ2) is 6.56. The Morgan fingerprint density at radius 3 is 2.47 bits per heavy atom. The largest absolute Gasteiger partial charge is 0.377 e. The predicted octanol–water partition coefficient (Wildman–Crippen LogP) is 4.81.